The van der Waals surface area contributed by atoms with Gasteiger partial charge in [0.25, 0.3) is 11.8 Å². The minimum Gasteiger partial charge on any atom is -0.512 e. The number of Topliss-reactive ketones (excluding diaryl/α,β-unsaturated/α-hetero) is 3. The number of hydrogen-bond acceptors (Lipinski definition) is 22. The number of para-hydroxylation sites is 1. The number of fused-ring (bicyclic) bond motifs is 3. The highest BCUT2D eigenvalue weighted by Gasteiger charge is 2.47. The lowest BCUT2D eigenvalue weighted by atomic mass is 9.71. The number of hydrogen-bond donors (Lipinski definition) is 9. The molecule has 0 unspecified atom stereocenters. The molecule has 0 radical (unpaired) electrons. The van der Waals surface area contributed by atoms with Crippen molar-refractivity contribution in [3.63, 3.8) is 0 Å². The first-order valence-corrected chi connectivity index (χ1v) is 53.8. The number of aliphatic hydroxyl groups is 4. The number of aromatic nitrogens is 2. The van der Waals surface area contributed by atoms with E-state index < -0.39 is 97.8 Å². The second kappa shape index (κ2) is 53.1. The number of aromatic hydroxyl groups is 1. The van der Waals surface area contributed by atoms with E-state index in [0.29, 0.717) is 127 Å². The van der Waals surface area contributed by atoms with Crippen molar-refractivity contribution < 1.29 is 90.2 Å². The number of anilines is 1. The fourth-order valence-corrected chi connectivity index (χ4v) is 23.0. The number of nitrogens with two attached hydrogens (primary N) is 1. The van der Waals surface area contributed by atoms with Gasteiger partial charge in [0, 0.05) is 103 Å². The maximum atomic E-state index is 13.9. The number of carbonyl (C=O) groups is 8. The number of carbonyl (C=O) groups excluding carboxylic acids is 8. The van der Waals surface area contributed by atoms with E-state index in [4.69, 9.17) is 20.8 Å². The third-order valence-corrected chi connectivity index (χ3v) is 31.1. The molecule has 0 spiro atoms. The number of amides is 4. The molecule has 7 aromatic carbocycles. The summed E-state index contributed by atoms with van der Waals surface area (Å²) in [5, 5.41) is 71.7. The summed E-state index contributed by atoms with van der Waals surface area (Å²) in [6.07, 6.45) is 9.13. The Balaban J connectivity index is 0.000000195. The first-order valence-electron chi connectivity index (χ1n) is 51.2. The van der Waals surface area contributed by atoms with Crippen molar-refractivity contribution in [3.8, 4) is 11.8 Å². The number of allylic oxidation sites excluding steroid dienone is 1. The van der Waals surface area contributed by atoms with Crippen LogP contribution in [0.1, 0.15) is 250 Å². The second-order valence-electron chi connectivity index (χ2n) is 42.5. The van der Waals surface area contributed by atoms with Gasteiger partial charge in [-0.1, -0.05) is 251 Å². The maximum Gasteiger partial charge on any atom is 0.417 e. The van der Waals surface area contributed by atoms with Crippen LogP contribution < -0.4 is 21.7 Å². The number of ether oxygens (including phenoxy) is 1. The van der Waals surface area contributed by atoms with Gasteiger partial charge in [0.05, 0.1) is 64.7 Å². The molecule has 30 heteroatoms. The molecule has 25 nitrogen and oxygen atoms in total. The third-order valence-electron chi connectivity index (χ3n) is 28.3. The maximum absolute atomic E-state index is 13.9. The molecule has 147 heavy (non-hydrogen) atoms. The Labute approximate surface area is 867 Å². The third kappa shape index (κ3) is 33.9. The van der Waals surface area contributed by atoms with Gasteiger partial charge in [0.2, 0.25) is 11.8 Å². The predicted octanol–water partition coefficient (Wildman–Crippen LogP) is 20.9. The first-order chi connectivity index (χ1) is 69.8. The first kappa shape index (κ1) is 115. The minimum absolute atomic E-state index is 0.0217. The van der Waals surface area contributed by atoms with E-state index in [1.54, 1.807) is 91.5 Å². The zero-order valence-electron chi connectivity index (χ0n) is 86.2. The highest BCUT2D eigenvalue weighted by atomic mass is 32.2. The number of halogens is 3. The molecule has 5 aliphatic rings. The van der Waals surface area contributed by atoms with Crippen molar-refractivity contribution >= 4 is 85.1 Å². The van der Waals surface area contributed by atoms with E-state index in [1.807, 2.05) is 148 Å². The summed E-state index contributed by atoms with van der Waals surface area (Å²) in [5.74, 6) is -2.35. The van der Waals surface area contributed by atoms with E-state index in [2.05, 4.69) is 77.3 Å². The van der Waals surface area contributed by atoms with Crippen molar-refractivity contribution in [1.29, 1.82) is 5.26 Å². The van der Waals surface area contributed by atoms with Crippen molar-refractivity contribution in [2.45, 2.75) is 281 Å². The number of rotatable bonds is 37. The van der Waals surface area contributed by atoms with E-state index >= 15 is 0 Å². The smallest absolute Gasteiger partial charge is 0.417 e. The van der Waals surface area contributed by atoms with Crippen LogP contribution in [0.3, 0.4) is 0 Å². The lowest BCUT2D eigenvalue weighted by Gasteiger charge is -2.47. The Bertz CT molecular complexity index is 6210. The fourth-order valence-electron chi connectivity index (χ4n) is 20.7. The van der Waals surface area contributed by atoms with Gasteiger partial charge in [-0.3, -0.25) is 43.4 Å². The molecular weight excluding hydrogens is 1910 g/mol. The number of aliphatic hydroxyl groups excluding tert-OH is 4. The Morgan fingerprint density at radius 2 is 1.21 bits per heavy atom. The number of nitriles is 1. The number of phenols is 1. The van der Waals surface area contributed by atoms with Gasteiger partial charge in [0.15, 0.2) is 26.2 Å². The topological polar surface area (TPSA) is 399 Å². The Hall–Kier alpha value is -12.2. The number of primary amides is 1. The number of piperidine rings is 2. The molecule has 9 aromatic rings. The number of nitrogens with one attached hydrogen (secondary N) is 3. The number of ketones is 3. The number of likely N-dealkylation sites (tertiary alicyclic amines) is 2. The molecule has 0 bridgehead atoms. The number of nitrogens with zero attached hydrogens (tertiary/aromatic N) is 5. The molecule has 4 fully saturated rings. The number of benzene rings is 7. The van der Waals surface area contributed by atoms with E-state index in [1.165, 1.54) is 45.4 Å². The molecule has 786 valence electrons. The fraction of sp³-hybridized carbons (Fsp3) is 0.462. The van der Waals surface area contributed by atoms with Crippen LogP contribution in [-0.2, 0) is 68.1 Å². The average Bonchev–Trinajstić information content (AvgIpc) is 0.756. The zero-order valence-corrected chi connectivity index (χ0v) is 87.9. The molecule has 3 aliphatic heterocycles. The minimum atomic E-state index is -4.63. The summed E-state index contributed by atoms with van der Waals surface area (Å²) >= 11 is 1.59. The quantitative estimate of drug-likeness (QED) is 0.00436. The van der Waals surface area contributed by atoms with Crippen molar-refractivity contribution in [2.75, 3.05) is 37.2 Å². The predicted molar refractivity (Wildman–Crippen MR) is 565 cm³/mol. The summed E-state index contributed by atoms with van der Waals surface area (Å²) in [5.41, 5.74) is 9.81. The van der Waals surface area contributed by atoms with Crippen molar-refractivity contribution in [2.24, 2.45) is 46.2 Å². The van der Waals surface area contributed by atoms with E-state index in [0.717, 1.165) is 78.2 Å². The van der Waals surface area contributed by atoms with Crippen LogP contribution in [0.2, 0.25) is 0 Å². The number of cyclic esters (lactones) is 1. The summed E-state index contributed by atoms with van der Waals surface area (Å²) in [6.45, 7) is 23.5. The van der Waals surface area contributed by atoms with Gasteiger partial charge < -0.3 is 52.0 Å². The number of esters is 1. The Morgan fingerprint density at radius 1 is 0.653 bits per heavy atom. The number of phenolic OH excluding ortho intramolecular Hbond substituents is 1. The highest BCUT2D eigenvalue weighted by molar-refractivity contribution is 7.99. The van der Waals surface area contributed by atoms with Crippen molar-refractivity contribution in [3.05, 3.63) is 285 Å². The highest BCUT2D eigenvalue weighted by Crippen LogP contribution is 2.46. The summed E-state index contributed by atoms with van der Waals surface area (Å²) in [6, 6.07) is 60.4. The molecule has 2 saturated carbocycles. The molecule has 2 aliphatic carbocycles. The SMILES string of the molecule is C/C(O)=C(\C#N)C(=O)Nc1ccc(C)cc1.CC(C)(C)CC(=O)[C@@H]1C[C@@H]2CCCC[C@@H]2CN1C[C@@H](O)[C@H](Cc1ccccc1)NC(=O)[C@H](CC(N)=O)CC(=O)c1ccc2ccccc2n1.CCC[C@@]1(CCc2ccccc2)CC(O)=C([C@H](CC)c2cccc(CS(=O)(=O)c3ccc(C(F)(F)F)cn3)c2)C(=O)O1.Cc1c(O)cccc1C(=O)N[C@@H](CSc1ccccc1)[C@H](O)CN1C[C@H]2CCCC[C@H]2C[C@H]1C(=O)CC(C)(C)C. The van der Waals surface area contributed by atoms with Gasteiger partial charge in [0.1, 0.15) is 46.2 Å². The van der Waals surface area contributed by atoms with Crippen LogP contribution >= 0.6 is 11.8 Å². The van der Waals surface area contributed by atoms with Crippen molar-refractivity contribution in [1.82, 2.24) is 30.4 Å². The van der Waals surface area contributed by atoms with Gasteiger partial charge in [-0.25, -0.2) is 23.2 Å². The normalized spacial score (nSPS) is 20.1. The van der Waals surface area contributed by atoms with E-state index in [-0.39, 0.29) is 106 Å². The van der Waals surface area contributed by atoms with Crippen LogP contribution in [0.25, 0.3) is 10.9 Å². The lowest BCUT2D eigenvalue weighted by Crippen LogP contribution is -2.57. The van der Waals surface area contributed by atoms with Crippen LogP contribution in [0.5, 0.6) is 5.75 Å². The Morgan fingerprint density at radius 3 is 1.76 bits per heavy atom. The number of pyridine rings is 2. The zero-order chi connectivity index (χ0) is 107. The molecule has 10 N–H and O–H groups in total. The van der Waals surface area contributed by atoms with Crippen LogP contribution in [0.15, 0.2) is 245 Å². The van der Waals surface area contributed by atoms with Crippen LogP contribution in [-0.4, -0.2) is 175 Å². The molecule has 4 amide bonds. The van der Waals surface area contributed by atoms with Gasteiger partial charge in [-0.05, 0) is 196 Å². The van der Waals surface area contributed by atoms with Gasteiger partial charge >= 0.3 is 12.1 Å². The summed E-state index contributed by atoms with van der Waals surface area (Å²) in [4.78, 5) is 118. The van der Waals surface area contributed by atoms with E-state index in [9.17, 15) is 80.4 Å². The molecule has 2 saturated heterocycles. The standard InChI is InChI=1S/C40H52N4O5.C33H46N2O4S.C32H34F3NO5S.C12H12N2O2/c1-40(2,3)23-36(46)34-20-28-14-7-8-15-29(28)24-44(34)25-37(47)33(19-26-11-5-4-6-12-26)43-39(49)30(22-38(41)48)21-35(45)32-18-17-27-13-9-10-16-31(27)42-32;1-22-26(15-10-16-29(22)36)32(39)34-27(21-40-25-13-6-5-7-14-25)31(38)20-35-19-24-12-9-8-11-23(24)17-28(35)30(37)18-33(2,3)4;1-3-16-31(17-15-22-9-6-5-7-10-22)19-27(37)29(30(38)41-31)26(4-2)24-12-8-11-23(18-24)21-42(39,40)28-14-13-25(20-36-28)32(33,34)35;1-8-3-5-10(6-4-8)14-12(16)11(7-13)9(2)15/h4-6,9-13,16-18,28-30,33-34,37,47H,7-8,14-15,19-25H2,1-3H3,(H2,41,48)(H,43,49);5-7,10,13-16,23-24,27-28,31,36,38H,8-9,11-12,17-21H2,1-4H3,(H,34,39);5-14,18,20,26,37H,3-4,15-17,19,21H2,1-2H3;3-6,15H,1-2H3,(H,14,16)/b;;;11-9-/t28-,29+,30-,33-,34-,37+;23-,24+,27-,28-,31+;26-,31-;/m001./s1. The summed E-state index contributed by atoms with van der Waals surface area (Å²) in [7, 11) is -4.05. The van der Waals surface area contributed by atoms with Crippen LogP contribution in [0, 0.1) is 65.6 Å². The summed E-state index contributed by atoms with van der Waals surface area (Å²) < 4.78 is 70.6. The van der Waals surface area contributed by atoms with Gasteiger partial charge in [-0.2, -0.15) is 18.4 Å². The molecular formula is C117H144F3N9O16S2. The molecule has 13 atom stereocenters. The number of thioether (sulfide) groups is 1. The molecule has 14 rings (SSSR count). The van der Waals surface area contributed by atoms with Gasteiger partial charge in [-0.15, -0.1) is 11.8 Å². The number of aryl methyl sites for hydroxylation is 2. The van der Waals surface area contributed by atoms with Crippen LogP contribution in [0.4, 0.5) is 18.9 Å². The lowest BCUT2D eigenvalue weighted by molar-refractivity contribution is -0.161. The largest absolute Gasteiger partial charge is 0.512 e. The molecule has 2 aromatic heterocycles. The number of β-amino-alcohol motifs (C(OH)–C–C–N with tert-alkyl or cyclic N) is 2. The molecule has 5 heterocycles. The average molecular weight is 2050 g/mol. The Kier molecular flexibility index (Phi) is 41.5. The monoisotopic (exact) mass is 2050 g/mol. The number of sulfone groups is 1. The second-order valence-corrected chi connectivity index (χ2v) is 45.5. The number of alkyl halides is 3.